The second-order valence-corrected chi connectivity index (χ2v) is 11.1. The van der Waals surface area contributed by atoms with Crippen molar-refractivity contribution in [1.82, 2.24) is 20.2 Å². The minimum absolute atomic E-state index is 0. The summed E-state index contributed by atoms with van der Waals surface area (Å²) in [6.45, 7) is 5.58. The molecule has 1 fully saturated rings. The molecule has 0 spiro atoms. The van der Waals surface area contributed by atoms with Crippen LogP contribution in [0.15, 0.2) is 66.7 Å². The molecule has 0 atom stereocenters. The largest absolute Gasteiger partial charge is 0.482 e. The number of aromatic nitrogens is 2. The molecule has 202 valence electrons. The van der Waals surface area contributed by atoms with Crippen molar-refractivity contribution in [2.45, 2.75) is 38.7 Å². The van der Waals surface area contributed by atoms with Crippen molar-refractivity contribution in [2.24, 2.45) is 0 Å². The predicted molar refractivity (Wildman–Crippen MR) is 158 cm³/mol. The lowest BCUT2D eigenvalue weighted by Gasteiger charge is -2.34. The van der Waals surface area contributed by atoms with Crippen LogP contribution in [-0.2, 0) is 5.60 Å². The number of hydrogen-bond donors (Lipinski definition) is 1. The molecule has 1 amide bonds. The van der Waals surface area contributed by atoms with Crippen LogP contribution in [0, 0.1) is 0 Å². The number of carbonyl (C=O) groups is 1. The highest BCUT2D eigenvalue weighted by Gasteiger charge is 2.42. The zero-order valence-electron chi connectivity index (χ0n) is 21.7. The van der Waals surface area contributed by atoms with Crippen molar-refractivity contribution in [3.05, 3.63) is 88.0 Å². The molecule has 0 bridgehead atoms. The summed E-state index contributed by atoms with van der Waals surface area (Å²) in [7, 11) is 0. The molecule has 3 aromatic carbocycles. The number of piperidine rings is 1. The quantitative estimate of drug-likeness (QED) is 0.268. The molecule has 3 heterocycles. The normalized spacial score (nSPS) is 15.9. The summed E-state index contributed by atoms with van der Waals surface area (Å²) >= 11 is 12.9. The van der Waals surface area contributed by atoms with E-state index in [-0.39, 0.29) is 18.3 Å². The number of hydrogen-bond acceptors (Lipinski definition) is 4. The number of fused-ring (bicyclic) bond motifs is 3. The molecular formula is C30H29Cl3N4O2. The summed E-state index contributed by atoms with van der Waals surface area (Å²) in [4.78, 5) is 13.7. The summed E-state index contributed by atoms with van der Waals surface area (Å²) in [6, 6.07) is 21.6. The van der Waals surface area contributed by atoms with Gasteiger partial charge in [0.2, 0.25) is 0 Å². The van der Waals surface area contributed by atoms with Gasteiger partial charge in [0, 0.05) is 23.7 Å². The first kappa shape index (κ1) is 27.5. The van der Waals surface area contributed by atoms with Crippen molar-refractivity contribution in [3.8, 4) is 33.8 Å². The van der Waals surface area contributed by atoms with E-state index < -0.39 is 5.60 Å². The van der Waals surface area contributed by atoms with E-state index in [1.807, 2.05) is 55.3 Å². The predicted octanol–water partition coefficient (Wildman–Crippen LogP) is 7.69. The number of benzene rings is 3. The van der Waals surface area contributed by atoms with Crippen molar-refractivity contribution in [3.63, 3.8) is 0 Å². The van der Waals surface area contributed by atoms with Crippen LogP contribution in [0.25, 0.3) is 28.1 Å². The minimum Gasteiger partial charge on any atom is -0.482 e. The number of nitrogens with one attached hydrogen (secondary N) is 1. The second-order valence-electron chi connectivity index (χ2n) is 10.3. The standard InChI is InChI=1S/C30H28Cl2N4O2.ClH/c1-30(2)26-27(29(37)34-35-15-7-4-8-16-35)33-36(24-14-12-21(31)18-23(24)32)28(26)22-13-11-20(17-25(22)38-30)19-9-5-3-6-10-19;/h3,5-6,9-14,17-18H,4,7-8,15-16H2,1-2H3,(H,34,37);1H. The van der Waals surface area contributed by atoms with Gasteiger partial charge in [-0.15, -0.1) is 12.4 Å². The molecule has 0 unspecified atom stereocenters. The van der Waals surface area contributed by atoms with Crippen molar-refractivity contribution < 1.29 is 9.53 Å². The van der Waals surface area contributed by atoms with Crippen LogP contribution in [-0.4, -0.2) is 33.8 Å². The average molecular weight is 584 g/mol. The maximum Gasteiger partial charge on any atom is 0.286 e. The lowest BCUT2D eigenvalue weighted by Crippen LogP contribution is -2.46. The molecule has 6 nitrogen and oxygen atoms in total. The topological polar surface area (TPSA) is 59.4 Å². The van der Waals surface area contributed by atoms with Gasteiger partial charge in [-0.1, -0.05) is 66.0 Å². The van der Waals surface area contributed by atoms with Crippen molar-refractivity contribution in [2.75, 3.05) is 13.1 Å². The van der Waals surface area contributed by atoms with E-state index in [4.69, 9.17) is 33.0 Å². The van der Waals surface area contributed by atoms with Gasteiger partial charge in [0.05, 0.1) is 22.0 Å². The van der Waals surface area contributed by atoms with Crippen LogP contribution in [0.4, 0.5) is 0 Å². The Hall–Kier alpha value is -3.03. The highest BCUT2D eigenvalue weighted by Crippen LogP contribution is 2.49. The minimum atomic E-state index is -0.830. The first-order valence-electron chi connectivity index (χ1n) is 12.9. The molecule has 2 aliphatic rings. The molecule has 1 N–H and O–H groups in total. The van der Waals surface area contributed by atoms with Crippen LogP contribution < -0.4 is 10.2 Å². The van der Waals surface area contributed by atoms with E-state index in [1.54, 1.807) is 16.8 Å². The van der Waals surface area contributed by atoms with Gasteiger partial charge in [-0.25, -0.2) is 9.69 Å². The molecule has 0 radical (unpaired) electrons. The first-order chi connectivity index (χ1) is 18.3. The lowest BCUT2D eigenvalue weighted by atomic mass is 9.88. The van der Waals surface area contributed by atoms with Crippen LogP contribution in [0.1, 0.15) is 49.2 Å². The lowest BCUT2D eigenvalue weighted by molar-refractivity contribution is 0.0720. The summed E-state index contributed by atoms with van der Waals surface area (Å²) < 4.78 is 8.34. The summed E-state index contributed by atoms with van der Waals surface area (Å²) in [5.41, 5.74) is 7.69. The number of amides is 1. The van der Waals surface area contributed by atoms with E-state index >= 15 is 0 Å². The number of nitrogens with zero attached hydrogens (tertiary/aromatic N) is 3. The third kappa shape index (κ3) is 5.14. The summed E-state index contributed by atoms with van der Waals surface area (Å²) in [5.74, 6) is 0.464. The van der Waals surface area contributed by atoms with Gasteiger partial charge in [0.1, 0.15) is 11.4 Å². The summed E-state index contributed by atoms with van der Waals surface area (Å²) in [5, 5.41) is 7.81. The van der Waals surface area contributed by atoms with Crippen LogP contribution in [0.3, 0.4) is 0 Å². The Morgan fingerprint density at radius 3 is 2.41 bits per heavy atom. The Balaban J connectivity index is 0.00000308. The fraction of sp³-hybridized carbons (Fsp3) is 0.267. The van der Waals surface area contributed by atoms with E-state index in [0.29, 0.717) is 21.4 Å². The molecule has 4 aromatic rings. The molecule has 1 aromatic heterocycles. The Morgan fingerprint density at radius 1 is 0.949 bits per heavy atom. The van der Waals surface area contributed by atoms with Gasteiger partial charge in [0.15, 0.2) is 5.69 Å². The zero-order chi connectivity index (χ0) is 26.4. The third-order valence-electron chi connectivity index (χ3n) is 7.17. The fourth-order valence-electron chi connectivity index (χ4n) is 5.36. The van der Waals surface area contributed by atoms with Gasteiger partial charge >= 0.3 is 0 Å². The number of carbonyl (C=O) groups excluding carboxylic acids is 1. The number of ether oxygens (including phenoxy) is 1. The number of rotatable bonds is 4. The Bertz CT molecular complexity index is 1530. The van der Waals surface area contributed by atoms with Crippen molar-refractivity contribution in [1.29, 1.82) is 0 Å². The monoisotopic (exact) mass is 582 g/mol. The first-order valence-corrected chi connectivity index (χ1v) is 13.6. The van der Waals surface area contributed by atoms with Crippen LogP contribution >= 0.6 is 35.6 Å². The maximum atomic E-state index is 13.7. The van der Waals surface area contributed by atoms with Crippen molar-refractivity contribution >= 4 is 41.5 Å². The molecule has 39 heavy (non-hydrogen) atoms. The molecular weight excluding hydrogens is 555 g/mol. The maximum absolute atomic E-state index is 13.7. The highest BCUT2D eigenvalue weighted by atomic mass is 35.5. The van der Waals surface area contributed by atoms with Gasteiger partial charge in [-0.3, -0.25) is 10.2 Å². The third-order valence-corrected chi connectivity index (χ3v) is 7.70. The number of hydrazine groups is 1. The molecule has 6 rings (SSSR count). The molecule has 9 heteroatoms. The van der Waals surface area contributed by atoms with Crippen LogP contribution in [0.5, 0.6) is 5.75 Å². The van der Waals surface area contributed by atoms with Gasteiger partial charge in [-0.2, -0.15) is 5.10 Å². The Morgan fingerprint density at radius 2 is 1.69 bits per heavy atom. The smallest absolute Gasteiger partial charge is 0.286 e. The zero-order valence-corrected chi connectivity index (χ0v) is 24.0. The average Bonchev–Trinajstić information content (AvgIpc) is 3.31. The molecule has 2 aliphatic heterocycles. The molecule has 0 saturated carbocycles. The van der Waals surface area contributed by atoms with Gasteiger partial charge in [-0.05, 0) is 68.1 Å². The highest BCUT2D eigenvalue weighted by molar-refractivity contribution is 6.35. The van der Waals surface area contributed by atoms with Gasteiger partial charge in [0.25, 0.3) is 5.91 Å². The molecule has 0 aliphatic carbocycles. The van der Waals surface area contributed by atoms with Crippen LogP contribution in [0.2, 0.25) is 10.0 Å². The second kappa shape index (κ2) is 10.9. The van der Waals surface area contributed by atoms with E-state index in [9.17, 15) is 4.79 Å². The summed E-state index contributed by atoms with van der Waals surface area (Å²) in [6.07, 6.45) is 3.28. The number of halogens is 3. The Kier molecular flexibility index (Phi) is 7.66. The SMILES string of the molecule is CC1(C)Oc2cc(-c3ccccc3)ccc2-c2c1c(C(=O)NN1CCCCC1)nn2-c1ccc(Cl)cc1Cl.Cl. The fourth-order valence-corrected chi connectivity index (χ4v) is 5.85. The Labute approximate surface area is 244 Å². The molecule has 1 saturated heterocycles. The van der Waals surface area contributed by atoms with E-state index in [1.165, 1.54) is 6.42 Å². The van der Waals surface area contributed by atoms with E-state index in [2.05, 4.69) is 23.6 Å². The van der Waals surface area contributed by atoms with E-state index in [0.717, 1.165) is 59.6 Å². The van der Waals surface area contributed by atoms with Gasteiger partial charge < -0.3 is 4.74 Å².